The molecule has 0 atom stereocenters. The molecular weight excluding hydrogens is 360 g/mol. The summed E-state index contributed by atoms with van der Waals surface area (Å²) >= 11 is 0. The third-order valence-corrected chi connectivity index (χ3v) is 3.87. The van der Waals surface area contributed by atoms with Gasteiger partial charge in [0.25, 0.3) is 0 Å². The van der Waals surface area contributed by atoms with E-state index in [1.165, 1.54) is 19.9 Å². The Balaban J connectivity index is 1.96. The maximum Gasteiger partial charge on any atom is 0.343 e. The summed E-state index contributed by atoms with van der Waals surface area (Å²) in [6, 6.07) is 12.2. The van der Waals surface area contributed by atoms with E-state index in [0.717, 1.165) is 11.1 Å². The van der Waals surface area contributed by atoms with Crippen LogP contribution < -0.4 is 9.47 Å². The Labute approximate surface area is 162 Å². The summed E-state index contributed by atoms with van der Waals surface area (Å²) in [6.07, 6.45) is 3.18. The monoisotopic (exact) mass is 378 g/mol. The van der Waals surface area contributed by atoms with Crippen LogP contribution in [0.1, 0.15) is 30.5 Å². The molecule has 0 saturated heterocycles. The largest absolute Gasteiger partial charge is 0.427 e. The fraction of sp³-hybridized carbons (Fsp3) is 0.136. The molecule has 2 aromatic rings. The highest BCUT2D eigenvalue weighted by molar-refractivity contribution is 6.05. The average Bonchev–Trinajstić information content (AvgIpc) is 2.97. The number of esters is 3. The van der Waals surface area contributed by atoms with Crippen LogP contribution in [-0.2, 0) is 19.1 Å². The summed E-state index contributed by atoms with van der Waals surface area (Å²) in [7, 11) is 0. The number of aryl methyl sites for hydroxylation is 1. The molecule has 0 radical (unpaired) electrons. The second-order valence-electron chi connectivity index (χ2n) is 6.25. The van der Waals surface area contributed by atoms with Crippen molar-refractivity contribution in [2.24, 2.45) is 0 Å². The van der Waals surface area contributed by atoms with Gasteiger partial charge in [-0.1, -0.05) is 29.8 Å². The number of cyclic esters (lactones) is 1. The first-order valence-corrected chi connectivity index (χ1v) is 8.55. The zero-order valence-electron chi connectivity index (χ0n) is 15.6. The third kappa shape index (κ3) is 4.54. The van der Waals surface area contributed by atoms with Crippen molar-refractivity contribution in [3.8, 4) is 11.5 Å². The van der Waals surface area contributed by atoms with Crippen LogP contribution in [-0.4, -0.2) is 17.9 Å². The molecular formula is C22H18O6. The van der Waals surface area contributed by atoms with E-state index in [-0.39, 0.29) is 11.5 Å². The van der Waals surface area contributed by atoms with Gasteiger partial charge in [0.05, 0.1) is 5.57 Å². The number of hydrogen-bond donors (Lipinski definition) is 0. The van der Waals surface area contributed by atoms with Crippen molar-refractivity contribution < 1.29 is 28.6 Å². The maximum absolute atomic E-state index is 12.3. The predicted octanol–water partition coefficient (Wildman–Crippen LogP) is 3.83. The van der Waals surface area contributed by atoms with Crippen molar-refractivity contribution in [3.05, 3.63) is 70.8 Å². The number of benzene rings is 2. The van der Waals surface area contributed by atoms with E-state index < -0.39 is 17.9 Å². The Bertz CT molecular complexity index is 1010. The summed E-state index contributed by atoms with van der Waals surface area (Å²) in [5, 5.41) is 0. The van der Waals surface area contributed by atoms with E-state index >= 15 is 0 Å². The van der Waals surface area contributed by atoms with Gasteiger partial charge >= 0.3 is 17.9 Å². The summed E-state index contributed by atoms with van der Waals surface area (Å²) in [5.41, 5.74) is 2.67. The Morgan fingerprint density at radius 1 is 0.964 bits per heavy atom. The van der Waals surface area contributed by atoms with E-state index in [9.17, 15) is 14.4 Å². The molecule has 1 aliphatic heterocycles. The van der Waals surface area contributed by atoms with Crippen LogP contribution in [0.5, 0.6) is 11.5 Å². The van der Waals surface area contributed by atoms with Gasteiger partial charge in [-0.3, -0.25) is 9.59 Å². The number of carbonyl (C=O) groups is 3. The van der Waals surface area contributed by atoms with Gasteiger partial charge in [0.2, 0.25) is 0 Å². The molecule has 6 heteroatoms. The molecule has 0 saturated carbocycles. The highest BCUT2D eigenvalue weighted by Crippen LogP contribution is 2.31. The molecule has 0 unspecified atom stereocenters. The number of rotatable bonds is 4. The van der Waals surface area contributed by atoms with Gasteiger partial charge in [0.1, 0.15) is 17.3 Å². The Morgan fingerprint density at radius 2 is 1.64 bits per heavy atom. The molecule has 0 aliphatic carbocycles. The van der Waals surface area contributed by atoms with Gasteiger partial charge in [-0.05, 0) is 31.2 Å². The first kappa shape index (κ1) is 19.1. The molecule has 0 fully saturated rings. The van der Waals surface area contributed by atoms with Crippen molar-refractivity contribution >= 4 is 29.7 Å². The van der Waals surface area contributed by atoms with Gasteiger partial charge in [0, 0.05) is 31.0 Å². The van der Waals surface area contributed by atoms with Crippen LogP contribution >= 0.6 is 0 Å². The normalized spacial score (nSPS) is 14.5. The maximum atomic E-state index is 12.3. The molecule has 0 bridgehead atoms. The quantitative estimate of drug-likeness (QED) is 0.457. The van der Waals surface area contributed by atoms with Crippen LogP contribution in [0.4, 0.5) is 0 Å². The van der Waals surface area contributed by atoms with Crippen LogP contribution in [0.2, 0.25) is 0 Å². The van der Waals surface area contributed by atoms with Gasteiger partial charge in [-0.25, -0.2) is 4.79 Å². The molecule has 0 amide bonds. The minimum atomic E-state index is -0.537. The molecule has 2 aromatic carbocycles. The number of ether oxygens (including phenoxy) is 3. The Morgan fingerprint density at radius 3 is 2.29 bits per heavy atom. The second-order valence-corrected chi connectivity index (χ2v) is 6.25. The molecule has 142 valence electrons. The van der Waals surface area contributed by atoms with Gasteiger partial charge in [-0.2, -0.15) is 0 Å². The van der Waals surface area contributed by atoms with Crippen LogP contribution in [0.25, 0.3) is 11.8 Å². The minimum absolute atomic E-state index is 0.170. The van der Waals surface area contributed by atoms with Gasteiger partial charge < -0.3 is 14.2 Å². The first-order valence-electron chi connectivity index (χ1n) is 8.55. The molecule has 1 aliphatic rings. The van der Waals surface area contributed by atoms with Crippen LogP contribution in [0, 0.1) is 6.92 Å². The van der Waals surface area contributed by atoms with Gasteiger partial charge in [0.15, 0.2) is 0 Å². The Kier molecular flexibility index (Phi) is 5.40. The van der Waals surface area contributed by atoms with E-state index in [0.29, 0.717) is 16.9 Å². The lowest BCUT2D eigenvalue weighted by molar-refractivity contribution is -0.132. The molecule has 6 nitrogen and oxygen atoms in total. The molecule has 28 heavy (non-hydrogen) atoms. The average molecular weight is 378 g/mol. The number of hydrogen-bond acceptors (Lipinski definition) is 6. The lowest BCUT2D eigenvalue weighted by Gasteiger charge is -2.08. The van der Waals surface area contributed by atoms with Crippen molar-refractivity contribution in [1.29, 1.82) is 0 Å². The smallest absolute Gasteiger partial charge is 0.343 e. The molecule has 0 N–H and O–H groups in total. The first-order chi connectivity index (χ1) is 13.3. The topological polar surface area (TPSA) is 78.9 Å². The fourth-order valence-electron chi connectivity index (χ4n) is 2.62. The fourth-order valence-corrected chi connectivity index (χ4v) is 2.62. The summed E-state index contributed by atoms with van der Waals surface area (Å²) < 4.78 is 15.5. The lowest BCUT2D eigenvalue weighted by Crippen LogP contribution is -2.05. The molecule has 0 aromatic heterocycles. The van der Waals surface area contributed by atoms with E-state index in [1.54, 1.807) is 24.3 Å². The van der Waals surface area contributed by atoms with Crippen LogP contribution in [0.3, 0.4) is 0 Å². The minimum Gasteiger partial charge on any atom is -0.427 e. The van der Waals surface area contributed by atoms with Crippen molar-refractivity contribution in [1.82, 2.24) is 0 Å². The lowest BCUT2D eigenvalue weighted by atomic mass is 10.1. The summed E-state index contributed by atoms with van der Waals surface area (Å²) in [4.78, 5) is 34.8. The third-order valence-electron chi connectivity index (χ3n) is 3.87. The molecule has 1 heterocycles. The van der Waals surface area contributed by atoms with Crippen molar-refractivity contribution in [2.45, 2.75) is 20.8 Å². The Hall–Kier alpha value is -3.67. The predicted molar refractivity (Wildman–Crippen MR) is 102 cm³/mol. The second kappa shape index (κ2) is 7.92. The molecule has 0 spiro atoms. The van der Waals surface area contributed by atoms with Crippen molar-refractivity contribution in [3.63, 3.8) is 0 Å². The van der Waals surface area contributed by atoms with E-state index in [4.69, 9.17) is 14.2 Å². The zero-order chi connectivity index (χ0) is 20.3. The van der Waals surface area contributed by atoms with E-state index in [2.05, 4.69) is 0 Å². The standard InChI is InChI=1S/C22H18O6/c1-13-4-6-16(7-5-13)20-11-18(22(25)28-20)10-17-8-9-19(26-14(2)23)12-21(17)27-15(3)24/h4-12H,1-3H3. The van der Waals surface area contributed by atoms with Gasteiger partial charge in [-0.15, -0.1) is 0 Å². The van der Waals surface area contributed by atoms with E-state index in [1.807, 2.05) is 31.2 Å². The summed E-state index contributed by atoms with van der Waals surface area (Å²) in [6.45, 7) is 4.50. The number of carbonyl (C=O) groups excluding carboxylic acids is 3. The SMILES string of the molecule is CC(=O)Oc1ccc(C=C2C=C(c3ccc(C)cc3)OC2=O)c(OC(C)=O)c1. The van der Waals surface area contributed by atoms with Crippen LogP contribution in [0.15, 0.2) is 54.1 Å². The van der Waals surface area contributed by atoms with Crippen molar-refractivity contribution in [2.75, 3.05) is 0 Å². The summed E-state index contributed by atoms with van der Waals surface area (Å²) in [5.74, 6) is -0.691. The highest BCUT2D eigenvalue weighted by Gasteiger charge is 2.22. The molecule has 3 rings (SSSR count). The highest BCUT2D eigenvalue weighted by atomic mass is 16.5. The zero-order valence-corrected chi connectivity index (χ0v) is 15.6.